The summed E-state index contributed by atoms with van der Waals surface area (Å²) >= 11 is 0. The SMILES string of the molecule is O=P(F)(F)OC(C(F)(F)F)(C(F)(F)F)C(F)(F)F. The Morgan fingerprint density at radius 3 is 0.944 bits per heavy atom. The standard InChI is InChI=1S/C4F11O2P/c5-2(6,7)1(3(8,9)10,4(11,12)13)17-18(14,15)16. The van der Waals surface area contributed by atoms with E-state index >= 15 is 0 Å². The van der Waals surface area contributed by atoms with E-state index < -0.39 is 32.1 Å². The van der Waals surface area contributed by atoms with Crippen molar-refractivity contribution in [2.75, 3.05) is 0 Å². The summed E-state index contributed by atoms with van der Waals surface area (Å²) in [5.41, 5.74) is -7.22. The minimum atomic E-state index is -7.74. The van der Waals surface area contributed by atoms with Crippen LogP contribution in [0.2, 0.25) is 0 Å². The van der Waals surface area contributed by atoms with Crippen LogP contribution < -0.4 is 0 Å². The van der Waals surface area contributed by atoms with Gasteiger partial charge in [0.2, 0.25) is 0 Å². The van der Waals surface area contributed by atoms with E-state index in [1.807, 2.05) is 0 Å². The van der Waals surface area contributed by atoms with Crippen LogP contribution in [0.1, 0.15) is 0 Å². The highest BCUT2D eigenvalue weighted by Crippen LogP contribution is 2.64. The summed E-state index contributed by atoms with van der Waals surface area (Å²) < 4.78 is 141. The topological polar surface area (TPSA) is 26.3 Å². The largest absolute Gasteiger partial charge is 0.553 e. The third kappa shape index (κ3) is 3.05. The molecular weight excluding hydrogens is 320 g/mol. The van der Waals surface area contributed by atoms with Crippen LogP contribution in [-0.2, 0) is 9.09 Å². The molecule has 0 aliphatic carbocycles. The number of hydrogen-bond donors (Lipinski definition) is 0. The van der Waals surface area contributed by atoms with Gasteiger partial charge in [-0.3, -0.25) is 0 Å². The monoisotopic (exact) mass is 320 g/mol. The summed E-state index contributed by atoms with van der Waals surface area (Å²) in [6.45, 7) is 0. The predicted molar refractivity (Wildman–Crippen MR) is 31.8 cm³/mol. The molecule has 0 atom stereocenters. The molecule has 0 bridgehead atoms. The molecule has 0 aliphatic rings. The Morgan fingerprint density at radius 1 is 0.667 bits per heavy atom. The molecule has 0 N–H and O–H groups in total. The van der Waals surface area contributed by atoms with Gasteiger partial charge in [0.1, 0.15) is 0 Å². The highest BCUT2D eigenvalue weighted by Gasteiger charge is 2.87. The van der Waals surface area contributed by atoms with Crippen molar-refractivity contribution >= 4 is 7.99 Å². The molecule has 0 aliphatic heterocycles. The van der Waals surface area contributed by atoms with Crippen LogP contribution in [0.5, 0.6) is 0 Å². The molecule has 0 radical (unpaired) electrons. The van der Waals surface area contributed by atoms with E-state index in [1.54, 1.807) is 4.52 Å². The molecule has 0 aromatic carbocycles. The number of rotatable bonds is 2. The molecule has 110 valence electrons. The third-order valence-corrected chi connectivity index (χ3v) is 1.93. The zero-order chi connectivity index (χ0) is 15.2. The van der Waals surface area contributed by atoms with Crippen LogP contribution in [0.3, 0.4) is 0 Å². The molecule has 0 amide bonds. The van der Waals surface area contributed by atoms with E-state index in [1.165, 1.54) is 0 Å². The van der Waals surface area contributed by atoms with Crippen molar-refractivity contribution in [3.63, 3.8) is 0 Å². The fourth-order valence-electron chi connectivity index (χ4n) is 0.797. The molecule has 0 spiro atoms. The summed E-state index contributed by atoms with van der Waals surface area (Å²) in [6.07, 6.45) is -22.0. The fraction of sp³-hybridized carbons (Fsp3) is 1.00. The molecule has 0 aromatic rings. The molecule has 0 rings (SSSR count). The Balaban J connectivity index is 6.18. The van der Waals surface area contributed by atoms with Gasteiger partial charge < -0.3 is 0 Å². The predicted octanol–water partition coefficient (Wildman–Crippen LogP) is 4.48. The second-order valence-corrected chi connectivity index (χ2v) is 3.69. The van der Waals surface area contributed by atoms with Gasteiger partial charge in [-0.2, -0.15) is 39.5 Å². The van der Waals surface area contributed by atoms with Gasteiger partial charge in [0.25, 0.3) is 0 Å². The lowest BCUT2D eigenvalue weighted by atomic mass is 10.0. The molecule has 0 heterocycles. The molecule has 18 heavy (non-hydrogen) atoms. The maximum absolute atomic E-state index is 11.9. The van der Waals surface area contributed by atoms with Crippen molar-refractivity contribution in [1.82, 2.24) is 0 Å². The summed E-state index contributed by atoms with van der Waals surface area (Å²) in [7, 11) is -7.74. The highest BCUT2D eigenvalue weighted by atomic mass is 31.2. The first-order valence-electron chi connectivity index (χ1n) is 3.36. The van der Waals surface area contributed by atoms with Crippen molar-refractivity contribution in [1.29, 1.82) is 0 Å². The molecule has 0 saturated carbocycles. The average Bonchev–Trinajstić information content (AvgIpc) is 1.90. The van der Waals surface area contributed by atoms with Gasteiger partial charge in [-0.25, -0.2) is 9.09 Å². The van der Waals surface area contributed by atoms with Crippen LogP contribution in [0.4, 0.5) is 47.9 Å². The lowest BCUT2D eigenvalue weighted by Crippen LogP contribution is -2.67. The Hall–Kier alpha value is -0.580. The van der Waals surface area contributed by atoms with Crippen LogP contribution >= 0.6 is 7.99 Å². The third-order valence-electron chi connectivity index (χ3n) is 1.44. The van der Waals surface area contributed by atoms with E-state index in [0.29, 0.717) is 0 Å². The Morgan fingerprint density at radius 2 is 0.889 bits per heavy atom. The first-order valence-corrected chi connectivity index (χ1v) is 4.76. The van der Waals surface area contributed by atoms with Crippen molar-refractivity contribution in [2.24, 2.45) is 0 Å². The first-order chi connectivity index (χ1) is 7.46. The first kappa shape index (κ1) is 17.4. The maximum Gasteiger partial charge on any atom is 0.553 e. The van der Waals surface area contributed by atoms with Gasteiger partial charge >= 0.3 is 32.1 Å². The maximum atomic E-state index is 11.9. The fourth-order valence-corrected chi connectivity index (χ4v) is 1.43. The van der Waals surface area contributed by atoms with Gasteiger partial charge in [-0.15, -0.1) is 8.39 Å². The molecule has 0 fully saturated rings. The van der Waals surface area contributed by atoms with E-state index in [4.69, 9.17) is 0 Å². The summed E-state index contributed by atoms with van der Waals surface area (Å²) in [5, 5.41) is 0. The Labute approximate surface area is 90.4 Å². The zero-order valence-corrected chi connectivity index (χ0v) is 8.32. The normalized spacial score (nSPS) is 15.9. The summed E-state index contributed by atoms with van der Waals surface area (Å²) in [4.78, 5) is 0. The lowest BCUT2D eigenvalue weighted by molar-refractivity contribution is -0.438. The molecule has 0 unspecified atom stereocenters. The van der Waals surface area contributed by atoms with Crippen molar-refractivity contribution in [3.05, 3.63) is 0 Å². The second kappa shape index (κ2) is 4.22. The van der Waals surface area contributed by atoms with Gasteiger partial charge in [0, 0.05) is 0 Å². The van der Waals surface area contributed by atoms with Crippen molar-refractivity contribution < 1.29 is 57.0 Å². The van der Waals surface area contributed by atoms with Crippen LogP contribution in [0.15, 0.2) is 0 Å². The molecular formula is C4F11O2P. The molecule has 0 aromatic heterocycles. The molecule has 14 heteroatoms. The molecule has 0 saturated heterocycles. The van der Waals surface area contributed by atoms with Crippen LogP contribution in [0.25, 0.3) is 0 Å². The van der Waals surface area contributed by atoms with Gasteiger partial charge in [-0.05, 0) is 0 Å². The Bertz CT molecular complexity index is 307. The summed E-state index contributed by atoms with van der Waals surface area (Å²) in [5.74, 6) is 0. The second-order valence-electron chi connectivity index (χ2n) is 2.68. The lowest BCUT2D eigenvalue weighted by Gasteiger charge is -2.36. The zero-order valence-electron chi connectivity index (χ0n) is 7.42. The van der Waals surface area contributed by atoms with Gasteiger partial charge in [0.05, 0.1) is 0 Å². The van der Waals surface area contributed by atoms with Crippen LogP contribution in [-0.4, -0.2) is 24.1 Å². The van der Waals surface area contributed by atoms with E-state index in [-0.39, 0.29) is 0 Å². The van der Waals surface area contributed by atoms with E-state index in [2.05, 4.69) is 0 Å². The van der Waals surface area contributed by atoms with E-state index in [9.17, 15) is 52.5 Å². The van der Waals surface area contributed by atoms with Gasteiger partial charge in [0.15, 0.2) is 0 Å². The quantitative estimate of drug-likeness (QED) is 0.554. The number of alkyl halides is 9. The average molecular weight is 320 g/mol. The smallest absolute Gasteiger partial charge is 0.246 e. The van der Waals surface area contributed by atoms with Crippen molar-refractivity contribution in [3.8, 4) is 0 Å². The minimum absolute atomic E-state index is 1.57. The molecule has 2 nitrogen and oxygen atoms in total. The minimum Gasteiger partial charge on any atom is -0.246 e. The van der Waals surface area contributed by atoms with Crippen LogP contribution in [0, 0.1) is 0 Å². The number of hydrogen-bond acceptors (Lipinski definition) is 2. The van der Waals surface area contributed by atoms with E-state index in [0.717, 1.165) is 0 Å². The van der Waals surface area contributed by atoms with Crippen molar-refractivity contribution in [2.45, 2.75) is 24.1 Å². The Kier molecular flexibility index (Phi) is 4.08. The highest BCUT2D eigenvalue weighted by molar-refractivity contribution is 7.47. The number of halogens is 11. The summed E-state index contributed by atoms with van der Waals surface area (Å²) in [6, 6.07) is 0. The van der Waals surface area contributed by atoms with Gasteiger partial charge in [-0.1, -0.05) is 0 Å².